The van der Waals surface area contributed by atoms with E-state index in [-0.39, 0.29) is 0 Å². The normalized spacial score (nSPS) is 10.2. The van der Waals surface area contributed by atoms with Crippen molar-refractivity contribution in [3.05, 3.63) is 46.9 Å². The van der Waals surface area contributed by atoms with Crippen molar-refractivity contribution in [2.24, 2.45) is 0 Å². The molecule has 0 amide bonds. The van der Waals surface area contributed by atoms with Crippen molar-refractivity contribution in [3.63, 3.8) is 0 Å². The maximum absolute atomic E-state index is 5.36. The van der Waals surface area contributed by atoms with E-state index in [0.717, 1.165) is 26.2 Å². The van der Waals surface area contributed by atoms with Crippen LogP contribution in [-0.4, -0.2) is 7.11 Å². The molecule has 0 bridgehead atoms. The van der Waals surface area contributed by atoms with Crippen LogP contribution in [0.25, 0.3) is 11.1 Å². The summed E-state index contributed by atoms with van der Waals surface area (Å²) in [5, 5.41) is 0. The van der Waals surface area contributed by atoms with Crippen LogP contribution in [0.15, 0.2) is 51.8 Å². The first kappa shape index (κ1) is 11.6. The summed E-state index contributed by atoms with van der Waals surface area (Å²) in [4.78, 5) is 0.899. The van der Waals surface area contributed by atoms with Gasteiger partial charge in [-0.1, -0.05) is 28.1 Å². The zero-order valence-electron chi connectivity index (χ0n) is 8.77. The zero-order chi connectivity index (χ0) is 11.5. The van der Waals surface area contributed by atoms with E-state index in [0.29, 0.717) is 0 Å². The van der Waals surface area contributed by atoms with Gasteiger partial charge in [-0.3, -0.25) is 0 Å². The van der Waals surface area contributed by atoms with Gasteiger partial charge in [-0.05, 0) is 35.9 Å². The lowest BCUT2D eigenvalue weighted by atomic mass is 10.1. The van der Waals surface area contributed by atoms with Crippen molar-refractivity contribution in [2.45, 2.75) is 4.90 Å². The third-order valence-corrected chi connectivity index (χ3v) is 3.09. The molecule has 0 heterocycles. The smallest absolute Gasteiger partial charge is 0.127 e. The molecule has 0 saturated carbocycles. The number of hydrogen-bond donors (Lipinski definition) is 1. The Morgan fingerprint density at radius 1 is 1.12 bits per heavy atom. The SMILES string of the molecule is COc1cc(S)ccc1-c1cccc(Br)c1. The molecule has 2 aromatic carbocycles. The number of halogens is 1. The summed E-state index contributed by atoms with van der Waals surface area (Å²) in [7, 11) is 1.67. The van der Waals surface area contributed by atoms with E-state index in [4.69, 9.17) is 4.74 Å². The molecule has 2 aromatic rings. The van der Waals surface area contributed by atoms with E-state index in [9.17, 15) is 0 Å². The van der Waals surface area contributed by atoms with E-state index in [2.05, 4.69) is 40.7 Å². The fourth-order valence-corrected chi connectivity index (χ4v) is 2.17. The Balaban J connectivity index is 2.55. The number of benzene rings is 2. The second-order valence-electron chi connectivity index (χ2n) is 3.39. The second kappa shape index (κ2) is 4.93. The lowest BCUT2D eigenvalue weighted by Crippen LogP contribution is -1.88. The van der Waals surface area contributed by atoms with Gasteiger partial charge in [0.2, 0.25) is 0 Å². The third kappa shape index (κ3) is 2.42. The van der Waals surface area contributed by atoms with Crippen LogP contribution >= 0.6 is 28.6 Å². The maximum Gasteiger partial charge on any atom is 0.127 e. The molecular formula is C13H11BrOS. The van der Waals surface area contributed by atoms with Crippen molar-refractivity contribution in [1.29, 1.82) is 0 Å². The number of hydrogen-bond acceptors (Lipinski definition) is 2. The molecule has 0 aliphatic carbocycles. The molecule has 0 unspecified atom stereocenters. The van der Waals surface area contributed by atoms with Crippen molar-refractivity contribution >= 4 is 28.6 Å². The highest BCUT2D eigenvalue weighted by Gasteiger charge is 2.06. The van der Waals surface area contributed by atoms with Gasteiger partial charge in [0, 0.05) is 14.9 Å². The largest absolute Gasteiger partial charge is 0.496 e. The van der Waals surface area contributed by atoms with Gasteiger partial charge in [0.15, 0.2) is 0 Å². The van der Waals surface area contributed by atoms with Crippen LogP contribution in [0.4, 0.5) is 0 Å². The Kier molecular flexibility index (Phi) is 3.56. The number of ether oxygens (including phenoxy) is 1. The average molecular weight is 295 g/mol. The summed E-state index contributed by atoms with van der Waals surface area (Å²) in [6.45, 7) is 0. The van der Waals surface area contributed by atoms with Crippen molar-refractivity contribution in [1.82, 2.24) is 0 Å². The summed E-state index contributed by atoms with van der Waals surface area (Å²) in [5.41, 5.74) is 2.20. The average Bonchev–Trinajstić information content (AvgIpc) is 2.28. The minimum atomic E-state index is 0.839. The van der Waals surface area contributed by atoms with E-state index in [1.165, 1.54) is 0 Å². The monoisotopic (exact) mass is 294 g/mol. The van der Waals surface area contributed by atoms with Gasteiger partial charge in [0.1, 0.15) is 5.75 Å². The van der Waals surface area contributed by atoms with Gasteiger partial charge in [-0.15, -0.1) is 12.6 Å². The molecule has 16 heavy (non-hydrogen) atoms. The van der Waals surface area contributed by atoms with E-state index >= 15 is 0 Å². The molecule has 0 radical (unpaired) electrons. The van der Waals surface area contributed by atoms with Gasteiger partial charge in [-0.2, -0.15) is 0 Å². The highest BCUT2D eigenvalue weighted by molar-refractivity contribution is 9.10. The molecule has 0 spiro atoms. The van der Waals surface area contributed by atoms with Crippen LogP contribution in [0.5, 0.6) is 5.75 Å². The summed E-state index contributed by atoms with van der Waals surface area (Å²) in [6, 6.07) is 14.0. The summed E-state index contributed by atoms with van der Waals surface area (Å²) in [6.07, 6.45) is 0. The van der Waals surface area contributed by atoms with Crippen LogP contribution in [-0.2, 0) is 0 Å². The van der Waals surface area contributed by atoms with Gasteiger partial charge < -0.3 is 4.74 Å². The molecule has 0 saturated heterocycles. The summed E-state index contributed by atoms with van der Waals surface area (Å²) >= 11 is 7.76. The Morgan fingerprint density at radius 3 is 2.62 bits per heavy atom. The fourth-order valence-electron chi connectivity index (χ4n) is 1.57. The molecular weight excluding hydrogens is 284 g/mol. The standard InChI is InChI=1S/C13H11BrOS/c1-15-13-8-11(16)5-6-12(13)9-3-2-4-10(14)7-9/h2-8,16H,1H3. The maximum atomic E-state index is 5.36. The quantitative estimate of drug-likeness (QED) is 0.807. The molecule has 0 aliphatic rings. The fraction of sp³-hybridized carbons (Fsp3) is 0.0769. The van der Waals surface area contributed by atoms with Gasteiger partial charge in [-0.25, -0.2) is 0 Å². The van der Waals surface area contributed by atoms with Crippen LogP contribution in [0.2, 0.25) is 0 Å². The minimum Gasteiger partial charge on any atom is -0.496 e. The molecule has 0 fully saturated rings. The van der Waals surface area contributed by atoms with Gasteiger partial charge in [0.25, 0.3) is 0 Å². The molecule has 0 aliphatic heterocycles. The number of thiol groups is 1. The lowest BCUT2D eigenvalue weighted by Gasteiger charge is -2.09. The summed E-state index contributed by atoms with van der Waals surface area (Å²) in [5.74, 6) is 0.839. The first-order chi connectivity index (χ1) is 7.70. The van der Waals surface area contributed by atoms with E-state index < -0.39 is 0 Å². The molecule has 82 valence electrons. The second-order valence-corrected chi connectivity index (χ2v) is 4.83. The molecule has 1 nitrogen and oxygen atoms in total. The molecule has 3 heteroatoms. The number of rotatable bonds is 2. The Bertz CT molecular complexity index is 511. The lowest BCUT2D eigenvalue weighted by molar-refractivity contribution is 0.415. The van der Waals surface area contributed by atoms with Crippen molar-refractivity contribution in [3.8, 4) is 16.9 Å². The van der Waals surface area contributed by atoms with Crippen LogP contribution in [0, 0.1) is 0 Å². The highest BCUT2D eigenvalue weighted by atomic mass is 79.9. The zero-order valence-corrected chi connectivity index (χ0v) is 11.3. The molecule has 0 N–H and O–H groups in total. The van der Waals surface area contributed by atoms with Gasteiger partial charge >= 0.3 is 0 Å². The Morgan fingerprint density at radius 2 is 1.94 bits per heavy atom. The highest BCUT2D eigenvalue weighted by Crippen LogP contribution is 2.32. The molecule has 0 atom stereocenters. The predicted molar refractivity (Wildman–Crippen MR) is 73.4 cm³/mol. The van der Waals surface area contributed by atoms with Crippen molar-refractivity contribution in [2.75, 3.05) is 7.11 Å². The van der Waals surface area contributed by atoms with Gasteiger partial charge in [0.05, 0.1) is 7.11 Å². The third-order valence-electron chi connectivity index (χ3n) is 2.32. The first-order valence-corrected chi connectivity index (χ1v) is 6.07. The topological polar surface area (TPSA) is 9.23 Å². The van der Waals surface area contributed by atoms with E-state index in [1.54, 1.807) is 7.11 Å². The molecule has 0 aromatic heterocycles. The Hall–Kier alpha value is -0.930. The predicted octanol–water partition coefficient (Wildman–Crippen LogP) is 4.41. The first-order valence-electron chi connectivity index (χ1n) is 4.83. The van der Waals surface area contributed by atoms with Crippen LogP contribution in [0.1, 0.15) is 0 Å². The van der Waals surface area contributed by atoms with Crippen molar-refractivity contribution < 1.29 is 4.74 Å². The van der Waals surface area contributed by atoms with E-state index in [1.807, 2.05) is 30.3 Å². The Labute approximate surface area is 109 Å². The summed E-state index contributed by atoms with van der Waals surface area (Å²) < 4.78 is 6.41. The van der Waals surface area contributed by atoms with Crippen LogP contribution in [0.3, 0.4) is 0 Å². The number of methoxy groups -OCH3 is 1. The van der Waals surface area contributed by atoms with Crippen LogP contribution < -0.4 is 4.74 Å². The minimum absolute atomic E-state index is 0.839. The molecule has 2 rings (SSSR count).